The molecule has 0 unspecified atom stereocenters. The third-order valence-electron chi connectivity index (χ3n) is 1.68. The van der Waals surface area contributed by atoms with Crippen LogP contribution in [0.3, 0.4) is 0 Å². The van der Waals surface area contributed by atoms with Gasteiger partial charge in [-0.15, -0.1) is 0 Å². The topological polar surface area (TPSA) is 75.6 Å². The molecule has 70 valence electrons. The molecular formula is C8H11N2O3+. The lowest BCUT2D eigenvalue weighted by molar-refractivity contribution is -0.736. The van der Waals surface area contributed by atoms with Crippen molar-refractivity contribution in [1.29, 1.82) is 0 Å². The van der Waals surface area contributed by atoms with Crippen molar-refractivity contribution in [2.75, 3.05) is 12.8 Å². The zero-order chi connectivity index (χ0) is 9.84. The van der Waals surface area contributed by atoms with Gasteiger partial charge < -0.3 is 10.8 Å². The third-order valence-corrected chi connectivity index (χ3v) is 1.68. The summed E-state index contributed by atoms with van der Waals surface area (Å²) >= 11 is 0. The van der Waals surface area contributed by atoms with E-state index < -0.39 is 0 Å². The first kappa shape index (κ1) is 9.47. The van der Waals surface area contributed by atoms with E-state index >= 15 is 0 Å². The van der Waals surface area contributed by atoms with E-state index in [0.717, 1.165) is 0 Å². The van der Waals surface area contributed by atoms with Crippen molar-refractivity contribution in [3.63, 3.8) is 0 Å². The number of hydrogen-bond donors (Lipinski definition) is 2. The number of benzene rings is 1. The lowest BCUT2D eigenvalue weighted by atomic mass is 10.2. The van der Waals surface area contributed by atoms with E-state index in [2.05, 4.69) is 4.84 Å². The van der Waals surface area contributed by atoms with Crippen molar-refractivity contribution < 1.29 is 14.9 Å². The first-order chi connectivity index (χ1) is 6.19. The predicted octanol–water partition coefficient (Wildman–Crippen LogP) is 0.733. The summed E-state index contributed by atoms with van der Waals surface area (Å²) in [7, 11) is 1.27. The Bertz CT molecular complexity index is 325. The second-order valence-electron chi connectivity index (χ2n) is 2.48. The molecule has 5 heteroatoms. The molecule has 0 heterocycles. The zero-order valence-electron chi connectivity index (χ0n) is 7.23. The first-order valence-corrected chi connectivity index (χ1v) is 3.69. The van der Waals surface area contributed by atoms with Gasteiger partial charge in [0.2, 0.25) is 0 Å². The van der Waals surface area contributed by atoms with Gasteiger partial charge in [-0.25, -0.2) is 4.84 Å². The van der Waals surface area contributed by atoms with Crippen LogP contribution in [0.2, 0.25) is 0 Å². The molecule has 0 bridgehead atoms. The Kier molecular flexibility index (Phi) is 2.81. The van der Waals surface area contributed by atoms with Gasteiger partial charge in [-0.2, -0.15) is 0 Å². The second kappa shape index (κ2) is 3.86. The molecule has 0 aromatic heterocycles. The van der Waals surface area contributed by atoms with E-state index in [-0.39, 0.29) is 6.61 Å². The standard InChI is InChI=1S/C8H11N2O3/c1-13-10(12)7-3-2-6(5-11)8(9)4-7/h2-4,11H,5,9H2,1H3/q+1. The molecule has 13 heavy (non-hydrogen) atoms. The number of nitrogens with two attached hydrogens (primary N) is 1. The molecule has 0 aliphatic rings. The molecule has 0 saturated heterocycles. The highest BCUT2D eigenvalue weighted by Crippen LogP contribution is 2.19. The number of aliphatic hydroxyl groups excluding tert-OH is 1. The van der Waals surface area contributed by atoms with Gasteiger partial charge in [0.1, 0.15) is 0 Å². The van der Waals surface area contributed by atoms with Crippen LogP contribution in [0.4, 0.5) is 11.4 Å². The Morgan fingerprint density at radius 2 is 2.31 bits per heavy atom. The van der Waals surface area contributed by atoms with Gasteiger partial charge in [0.15, 0.2) is 7.11 Å². The summed E-state index contributed by atoms with van der Waals surface area (Å²) in [5.41, 5.74) is 6.81. The van der Waals surface area contributed by atoms with Gasteiger partial charge in [-0.05, 0) is 6.07 Å². The van der Waals surface area contributed by atoms with Crippen LogP contribution in [0.1, 0.15) is 5.56 Å². The largest absolute Gasteiger partial charge is 0.398 e. The third kappa shape index (κ3) is 1.94. The molecule has 0 saturated carbocycles. The number of nitrogen functional groups attached to an aromatic ring is 1. The number of aliphatic hydroxyl groups is 1. The molecule has 0 atom stereocenters. The summed E-state index contributed by atoms with van der Waals surface area (Å²) in [6.07, 6.45) is 0. The summed E-state index contributed by atoms with van der Waals surface area (Å²) < 4.78 is 0. The Balaban J connectivity index is 3.02. The van der Waals surface area contributed by atoms with Gasteiger partial charge in [0.25, 0.3) is 4.92 Å². The van der Waals surface area contributed by atoms with Crippen molar-refractivity contribution in [3.05, 3.63) is 28.7 Å². The van der Waals surface area contributed by atoms with E-state index in [9.17, 15) is 4.91 Å². The summed E-state index contributed by atoms with van der Waals surface area (Å²) in [6.45, 7) is -0.141. The summed E-state index contributed by atoms with van der Waals surface area (Å²) in [4.78, 5) is 15.7. The lowest BCUT2D eigenvalue weighted by Gasteiger charge is -1.99. The fourth-order valence-corrected chi connectivity index (χ4v) is 0.945. The number of anilines is 1. The van der Waals surface area contributed by atoms with Crippen LogP contribution in [-0.4, -0.2) is 17.1 Å². The zero-order valence-corrected chi connectivity index (χ0v) is 7.23. The molecule has 0 fully saturated rings. The highest BCUT2D eigenvalue weighted by atomic mass is 16.8. The summed E-state index contributed by atoms with van der Waals surface area (Å²) in [5.74, 6) is 0. The number of nitrogens with zero attached hydrogens (tertiary/aromatic N) is 1. The van der Waals surface area contributed by atoms with Crippen molar-refractivity contribution in [2.45, 2.75) is 6.61 Å². The van der Waals surface area contributed by atoms with Gasteiger partial charge in [-0.3, -0.25) is 0 Å². The second-order valence-corrected chi connectivity index (χ2v) is 2.48. The minimum absolute atomic E-state index is 0.141. The van der Waals surface area contributed by atoms with Crippen LogP contribution in [0, 0.1) is 4.91 Å². The normalized spacial score (nSPS) is 9.69. The van der Waals surface area contributed by atoms with Crippen LogP contribution in [0.25, 0.3) is 0 Å². The Hall–Kier alpha value is -1.62. The van der Waals surface area contributed by atoms with E-state index in [0.29, 0.717) is 21.9 Å². The van der Waals surface area contributed by atoms with Gasteiger partial charge in [0, 0.05) is 23.4 Å². The van der Waals surface area contributed by atoms with Crippen LogP contribution in [-0.2, 0) is 11.4 Å². The van der Waals surface area contributed by atoms with E-state index in [1.165, 1.54) is 19.2 Å². The maximum Gasteiger partial charge on any atom is 0.318 e. The highest BCUT2D eigenvalue weighted by Gasteiger charge is 2.14. The molecule has 0 aliphatic heterocycles. The Labute approximate surface area is 75.3 Å². The average molecular weight is 183 g/mol. The van der Waals surface area contributed by atoms with E-state index in [4.69, 9.17) is 10.8 Å². The Morgan fingerprint density at radius 3 is 2.77 bits per heavy atom. The first-order valence-electron chi connectivity index (χ1n) is 3.69. The van der Waals surface area contributed by atoms with Gasteiger partial charge in [-0.1, -0.05) is 0 Å². The molecule has 1 rings (SSSR count). The molecule has 1 aromatic rings. The van der Waals surface area contributed by atoms with Crippen molar-refractivity contribution in [3.8, 4) is 0 Å². The van der Waals surface area contributed by atoms with Gasteiger partial charge >= 0.3 is 5.69 Å². The molecule has 0 aliphatic carbocycles. The van der Waals surface area contributed by atoms with Crippen LogP contribution in [0.15, 0.2) is 18.2 Å². The quantitative estimate of drug-likeness (QED) is 0.535. The highest BCUT2D eigenvalue weighted by molar-refractivity contribution is 5.53. The van der Waals surface area contributed by atoms with E-state index in [1.54, 1.807) is 6.07 Å². The van der Waals surface area contributed by atoms with E-state index in [1.807, 2.05) is 0 Å². The fourth-order valence-electron chi connectivity index (χ4n) is 0.945. The van der Waals surface area contributed by atoms with Crippen molar-refractivity contribution >= 4 is 11.4 Å². The molecule has 3 N–H and O–H groups in total. The molecular weight excluding hydrogens is 172 g/mol. The summed E-state index contributed by atoms with van der Waals surface area (Å²) in [6, 6.07) is 4.55. The number of hydrogen-bond acceptors (Lipinski definition) is 4. The monoisotopic (exact) mass is 183 g/mol. The smallest absolute Gasteiger partial charge is 0.318 e. The average Bonchev–Trinajstić information content (AvgIpc) is 2.16. The maximum atomic E-state index is 10.9. The van der Waals surface area contributed by atoms with Crippen LogP contribution >= 0.6 is 0 Å². The molecule has 0 spiro atoms. The maximum absolute atomic E-state index is 10.9. The predicted molar refractivity (Wildman–Crippen MR) is 47.1 cm³/mol. The fraction of sp³-hybridized carbons (Fsp3) is 0.250. The summed E-state index contributed by atoms with van der Waals surface area (Å²) in [5, 5.41) is 8.80. The molecule has 0 amide bonds. The van der Waals surface area contributed by atoms with Crippen molar-refractivity contribution in [2.24, 2.45) is 0 Å². The Morgan fingerprint density at radius 1 is 1.62 bits per heavy atom. The van der Waals surface area contributed by atoms with Gasteiger partial charge in [0.05, 0.1) is 11.5 Å². The number of rotatable bonds is 3. The molecule has 1 aromatic carbocycles. The SMILES string of the molecule is CO[N+](=O)c1ccc(CO)c(N)c1. The molecule has 5 nitrogen and oxygen atoms in total. The lowest BCUT2D eigenvalue weighted by Crippen LogP contribution is -2.00. The van der Waals surface area contributed by atoms with Crippen LogP contribution in [0.5, 0.6) is 0 Å². The van der Waals surface area contributed by atoms with Crippen LogP contribution < -0.4 is 5.73 Å². The van der Waals surface area contributed by atoms with Crippen molar-refractivity contribution in [1.82, 2.24) is 0 Å². The molecule has 0 radical (unpaired) electrons. The minimum Gasteiger partial charge on any atom is -0.398 e. The minimum atomic E-state index is -0.141.